The number of hydrogen-bond donors (Lipinski definition) is 1. The van der Waals surface area contributed by atoms with Crippen LogP contribution in [0.3, 0.4) is 0 Å². The van der Waals surface area contributed by atoms with Gasteiger partial charge in [0.15, 0.2) is 0 Å². The molecular formula is C16H16FNO2. The van der Waals surface area contributed by atoms with Gasteiger partial charge >= 0.3 is 5.97 Å². The van der Waals surface area contributed by atoms with Gasteiger partial charge in [-0.2, -0.15) is 0 Å². The zero-order chi connectivity index (χ0) is 14.5. The van der Waals surface area contributed by atoms with Crippen LogP contribution < -0.4 is 0 Å². The first kappa shape index (κ1) is 14.2. The van der Waals surface area contributed by atoms with Gasteiger partial charge in [-0.1, -0.05) is 24.3 Å². The Hall–Kier alpha value is -2.20. The van der Waals surface area contributed by atoms with Gasteiger partial charge in [0, 0.05) is 13.1 Å². The number of nitrogens with zero attached hydrogens (tertiary/aromatic N) is 1. The Morgan fingerprint density at radius 2 is 1.75 bits per heavy atom. The Morgan fingerprint density at radius 1 is 1.10 bits per heavy atom. The molecule has 0 aliphatic rings. The maximum Gasteiger partial charge on any atom is 0.335 e. The van der Waals surface area contributed by atoms with E-state index < -0.39 is 5.97 Å². The fourth-order valence-corrected chi connectivity index (χ4v) is 2.07. The molecule has 1 N–H and O–H groups in total. The summed E-state index contributed by atoms with van der Waals surface area (Å²) in [6.07, 6.45) is 0. The van der Waals surface area contributed by atoms with Gasteiger partial charge in [-0.05, 0) is 42.4 Å². The third-order valence-corrected chi connectivity index (χ3v) is 2.99. The van der Waals surface area contributed by atoms with E-state index >= 15 is 0 Å². The van der Waals surface area contributed by atoms with Crippen molar-refractivity contribution in [3.05, 3.63) is 71.0 Å². The molecule has 0 aliphatic heterocycles. The van der Waals surface area contributed by atoms with Crippen molar-refractivity contribution in [3.8, 4) is 0 Å². The van der Waals surface area contributed by atoms with Gasteiger partial charge in [-0.3, -0.25) is 4.90 Å². The second-order valence-electron chi connectivity index (χ2n) is 4.80. The fourth-order valence-electron chi connectivity index (χ4n) is 2.07. The fraction of sp³-hybridized carbons (Fsp3) is 0.188. The Kier molecular flexibility index (Phi) is 4.48. The Labute approximate surface area is 117 Å². The van der Waals surface area contributed by atoms with Crippen molar-refractivity contribution in [3.63, 3.8) is 0 Å². The number of hydrogen-bond acceptors (Lipinski definition) is 2. The molecule has 3 nitrogen and oxygen atoms in total. The first-order valence-electron chi connectivity index (χ1n) is 6.30. The van der Waals surface area contributed by atoms with Crippen molar-refractivity contribution in [2.75, 3.05) is 7.05 Å². The van der Waals surface area contributed by atoms with E-state index in [-0.39, 0.29) is 11.4 Å². The van der Waals surface area contributed by atoms with Gasteiger partial charge in [0.1, 0.15) is 5.82 Å². The molecule has 0 saturated heterocycles. The number of aromatic carboxylic acids is 1. The molecule has 0 aromatic heterocycles. The standard InChI is InChI=1S/C16H16FNO2/c1-18(10-12-5-7-15(17)8-6-12)11-13-3-2-4-14(9-13)16(19)20/h2-9H,10-11H2,1H3,(H,19,20). The average Bonchev–Trinajstić information content (AvgIpc) is 2.41. The smallest absolute Gasteiger partial charge is 0.335 e. The van der Waals surface area contributed by atoms with Crippen molar-refractivity contribution in [2.45, 2.75) is 13.1 Å². The lowest BCUT2D eigenvalue weighted by atomic mass is 10.1. The lowest BCUT2D eigenvalue weighted by Gasteiger charge is -2.17. The van der Waals surface area contributed by atoms with Gasteiger partial charge in [0.2, 0.25) is 0 Å². The largest absolute Gasteiger partial charge is 0.478 e. The Morgan fingerprint density at radius 3 is 2.40 bits per heavy atom. The first-order chi connectivity index (χ1) is 9.54. The molecule has 0 aliphatic carbocycles. The minimum absolute atomic E-state index is 0.245. The van der Waals surface area contributed by atoms with Crippen LogP contribution in [0.1, 0.15) is 21.5 Å². The Balaban J connectivity index is 2.00. The van der Waals surface area contributed by atoms with Gasteiger partial charge in [-0.25, -0.2) is 9.18 Å². The molecule has 20 heavy (non-hydrogen) atoms. The summed E-state index contributed by atoms with van der Waals surface area (Å²) in [4.78, 5) is 13.0. The zero-order valence-corrected chi connectivity index (χ0v) is 11.2. The molecule has 104 valence electrons. The van der Waals surface area contributed by atoms with Crippen LogP contribution in [0.2, 0.25) is 0 Å². The highest BCUT2D eigenvalue weighted by atomic mass is 19.1. The van der Waals surface area contributed by atoms with Crippen LogP contribution >= 0.6 is 0 Å². The minimum atomic E-state index is -0.923. The SMILES string of the molecule is CN(Cc1ccc(F)cc1)Cc1cccc(C(=O)O)c1. The molecule has 2 rings (SSSR count). The highest BCUT2D eigenvalue weighted by Gasteiger charge is 2.06. The lowest BCUT2D eigenvalue weighted by molar-refractivity contribution is 0.0696. The number of carboxylic acid groups (broad SMARTS) is 1. The van der Waals surface area contributed by atoms with E-state index in [1.165, 1.54) is 12.1 Å². The van der Waals surface area contributed by atoms with Crippen molar-refractivity contribution in [2.24, 2.45) is 0 Å². The molecule has 0 amide bonds. The van der Waals surface area contributed by atoms with Crippen LogP contribution in [0, 0.1) is 5.82 Å². The number of benzene rings is 2. The van der Waals surface area contributed by atoms with Crippen molar-refractivity contribution < 1.29 is 14.3 Å². The molecule has 0 atom stereocenters. The summed E-state index contributed by atoms with van der Waals surface area (Å²) in [6.45, 7) is 1.32. The van der Waals surface area contributed by atoms with Crippen molar-refractivity contribution in [1.29, 1.82) is 0 Å². The third kappa shape index (κ3) is 3.90. The van der Waals surface area contributed by atoms with Gasteiger partial charge in [-0.15, -0.1) is 0 Å². The second-order valence-corrected chi connectivity index (χ2v) is 4.80. The van der Waals surface area contributed by atoms with E-state index in [0.29, 0.717) is 13.1 Å². The zero-order valence-electron chi connectivity index (χ0n) is 11.2. The van der Waals surface area contributed by atoms with E-state index in [0.717, 1.165) is 11.1 Å². The number of rotatable bonds is 5. The van der Waals surface area contributed by atoms with Crippen LogP contribution in [0.15, 0.2) is 48.5 Å². The normalized spacial score (nSPS) is 10.8. The average molecular weight is 273 g/mol. The highest BCUT2D eigenvalue weighted by Crippen LogP contribution is 2.11. The van der Waals surface area contributed by atoms with Crippen molar-refractivity contribution >= 4 is 5.97 Å². The molecule has 0 fully saturated rings. The van der Waals surface area contributed by atoms with Crippen LogP contribution in [0.5, 0.6) is 0 Å². The molecule has 0 unspecified atom stereocenters. The summed E-state index contributed by atoms with van der Waals surface area (Å²) in [5.41, 5.74) is 2.25. The molecule has 0 radical (unpaired) electrons. The molecular weight excluding hydrogens is 257 g/mol. The van der Waals surface area contributed by atoms with E-state index in [2.05, 4.69) is 0 Å². The summed E-state index contributed by atoms with van der Waals surface area (Å²) in [5.74, 6) is -1.17. The predicted octanol–water partition coefficient (Wildman–Crippen LogP) is 3.16. The van der Waals surface area contributed by atoms with Crippen molar-refractivity contribution in [1.82, 2.24) is 4.90 Å². The minimum Gasteiger partial charge on any atom is -0.478 e. The highest BCUT2D eigenvalue weighted by molar-refractivity contribution is 5.87. The van der Waals surface area contributed by atoms with Crippen LogP contribution in [-0.2, 0) is 13.1 Å². The van der Waals surface area contributed by atoms with E-state index in [1.807, 2.05) is 18.0 Å². The number of halogens is 1. The Bertz CT molecular complexity index is 596. The molecule has 2 aromatic carbocycles. The summed E-state index contributed by atoms with van der Waals surface area (Å²) < 4.78 is 12.8. The summed E-state index contributed by atoms with van der Waals surface area (Å²) in [5, 5.41) is 8.96. The number of carboxylic acids is 1. The molecule has 2 aromatic rings. The topological polar surface area (TPSA) is 40.5 Å². The molecule has 4 heteroatoms. The molecule has 0 bridgehead atoms. The summed E-state index contributed by atoms with van der Waals surface area (Å²) >= 11 is 0. The summed E-state index contributed by atoms with van der Waals surface area (Å²) in [6, 6.07) is 13.3. The summed E-state index contributed by atoms with van der Waals surface area (Å²) in [7, 11) is 1.94. The molecule has 0 spiro atoms. The van der Waals surface area contributed by atoms with Crippen LogP contribution in [0.4, 0.5) is 4.39 Å². The maximum absolute atomic E-state index is 12.8. The van der Waals surface area contributed by atoms with Crippen LogP contribution in [-0.4, -0.2) is 23.0 Å². The van der Waals surface area contributed by atoms with E-state index in [9.17, 15) is 9.18 Å². The van der Waals surface area contributed by atoms with E-state index in [1.54, 1.807) is 30.3 Å². The quantitative estimate of drug-likeness (QED) is 0.909. The number of carbonyl (C=O) groups is 1. The second kappa shape index (κ2) is 6.30. The molecule has 0 heterocycles. The predicted molar refractivity (Wildman–Crippen MR) is 75.0 cm³/mol. The van der Waals surface area contributed by atoms with Gasteiger partial charge in [0.05, 0.1) is 5.56 Å². The van der Waals surface area contributed by atoms with Crippen LogP contribution in [0.25, 0.3) is 0 Å². The van der Waals surface area contributed by atoms with E-state index in [4.69, 9.17) is 5.11 Å². The molecule has 0 saturated carbocycles. The monoisotopic (exact) mass is 273 g/mol. The lowest BCUT2D eigenvalue weighted by Crippen LogP contribution is -2.17. The van der Waals surface area contributed by atoms with Gasteiger partial charge in [0.25, 0.3) is 0 Å². The first-order valence-corrected chi connectivity index (χ1v) is 6.30. The van der Waals surface area contributed by atoms with Gasteiger partial charge < -0.3 is 5.11 Å². The third-order valence-electron chi connectivity index (χ3n) is 2.99. The maximum atomic E-state index is 12.8.